The lowest BCUT2D eigenvalue weighted by Crippen LogP contribution is -2.43. The van der Waals surface area contributed by atoms with Crippen LogP contribution in [0.25, 0.3) is 12.2 Å². The van der Waals surface area contributed by atoms with Gasteiger partial charge in [0.2, 0.25) is 0 Å². The van der Waals surface area contributed by atoms with Crippen molar-refractivity contribution in [1.29, 1.82) is 0 Å². The highest BCUT2D eigenvalue weighted by molar-refractivity contribution is 6.08. The minimum Gasteiger partial charge on any atom is -0.493 e. The zero-order valence-electron chi connectivity index (χ0n) is 46.6. The van der Waals surface area contributed by atoms with Gasteiger partial charge >= 0.3 is 11.9 Å². The van der Waals surface area contributed by atoms with Gasteiger partial charge in [-0.05, 0) is 233 Å². The van der Waals surface area contributed by atoms with Gasteiger partial charge < -0.3 is 28.8 Å². The summed E-state index contributed by atoms with van der Waals surface area (Å²) < 4.78 is 29.4. The van der Waals surface area contributed by atoms with Crippen molar-refractivity contribution in [1.82, 2.24) is 0 Å². The van der Waals surface area contributed by atoms with E-state index in [4.69, 9.17) is 23.7 Å². The Morgan fingerprint density at radius 1 is 0.458 bits per heavy atom. The van der Waals surface area contributed by atoms with Crippen LogP contribution in [0.3, 0.4) is 0 Å². The minimum absolute atomic E-state index is 0.0626. The van der Waals surface area contributed by atoms with Gasteiger partial charge in [-0.1, -0.05) is 64.5 Å². The van der Waals surface area contributed by atoms with E-state index >= 15 is 0 Å². The molecule has 0 heterocycles. The van der Waals surface area contributed by atoms with Gasteiger partial charge in [-0.15, -0.1) is 0 Å². The second-order valence-corrected chi connectivity index (χ2v) is 21.1. The van der Waals surface area contributed by atoms with Crippen LogP contribution in [0.4, 0.5) is 0 Å². The van der Waals surface area contributed by atoms with Gasteiger partial charge in [-0.2, -0.15) is 0 Å². The number of ether oxygens (including phenoxy) is 5. The van der Waals surface area contributed by atoms with Gasteiger partial charge in [-0.3, -0.25) is 9.59 Å². The maximum Gasteiger partial charge on any atom is 0.350 e. The first-order valence-corrected chi connectivity index (χ1v) is 25.6. The fourth-order valence-corrected chi connectivity index (χ4v) is 8.06. The Hall–Kier alpha value is -6.16. The lowest BCUT2D eigenvalue weighted by Gasteiger charge is -2.30. The van der Waals surface area contributed by atoms with Gasteiger partial charge in [0, 0.05) is 11.1 Å². The largest absolute Gasteiger partial charge is 0.493 e. The van der Waals surface area contributed by atoms with Crippen molar-refractivity contribution in [3.63, 3.8) is 0 Å². The third-order valence-electron chi connectivity index (χ3n) is 11.9. The maximum absolute atomic E-state index is 13.0. The molecule has 0 spiro atoms. The zero-order valence-corrected chi connectivity index (χ0v) is 46.6. The van der Waals surface area contributed by atoms with E-state index in [0.29, 0.717) is 35.8 Å². The number of ketones is 2. The van der Waals surface area contributed by atoms with Crippen LogP contribution in [-0.4, -0.2) is 58.6 Å². The quantitative estimate of drug-likeness (QED) is 0.0313. The Morgan fingerprint density at radius 3 is 1.08 bits per heavy atom. The fraction of sp³-hybridized carbons (Fsp3) is 0.484. The zero-order chi connectivity index (χ0) is 54.1. The Labute approximate surface area is 431 Å². The van der Waals surface area contributed by atoms with Crippen LogP contribution in [0, 0.1) is 55.4 Å². The summed E-state index contributed by atoms with van der Waals surface area (Å²) in [5.41, 5.74) is 7.18. The summed E-state index contributed by atoms with van der Waals surface area (Å²) in [6.45, 7) is 33.2. The maximum atomic E-state index is 13.0. The van der Waals surface area contributed by atoms with Crippen LogP contribution in [0.15, 0.2) is 60.7 Å². The second-order valence-electron chi connectivity index (χ2n) is 21.1. The Kier molecular flexibility index (Phi) is 22.6. The molecule has 1 N–H and O–H groups in total. The molecule has 0 atom stereocenters. The molecule has 0 aromatic heterocycles. The van der Waals surface area contributed by atoms with Crippen LogP contribution >= 0.6 is 0 Å². The molecule has 0 saturated heterocycles. The molecule has 0 bridgehead atoms. The number of rotatable bonds is 24. The molecule has 4 aromatic rings. The number of carboxylic acid groups (broad SMARTS) is 1. The molecule has 392 valence electrons. The van der Waals surface area contributed by atoms with Crippen LogP contribution in [-0.2, 0) is 14.3 Å². The molecule has 4 aromatic carbocycles. The van der Waals surface area contributed by atoms with E-state index in [2.05, 4.69) is 13.8 Å². The standard InChI is InChI=1S/C33H46O5.C29H38O5/c1-11-12-13-14-17-36-29-24(4)20-27(21-25(29)5)28(34)16-15-26-18-22(2)30(23(3)19-26)37-33(9,10)31(35)38-32(6,7)8;1-8-9-10-11-14-33-26-21(4)17-24(18-22(26)5)25(30)13-12-23-15-19(2)27(20(3)16-23)34-29(6,7)28(31)32/h15-16,18-21H,11-14,17H2,1-10H3;12-13,15-18H,8-11,14H2,1-7H3,(H,31,32)/b16-15+;13-12+. The predicted octanol–water partition coefficient (Wildman–Crippen LogP) is 15.3. The van der Waals surface area contributed by atoms with Crippen molar-refractivity contribution < 1.29 is 48.0 Å². The van der Waals surface area contributed by atoms with E-state index in [1.807, 2.05) is 131 Å². The van der Waals surface area contributed by atoms with Crippen molar-refractivity contribution >= 4 is 35.7 Å². The van der Waals surface area contributed by atoms with Crippen LogP contribution in [0.2, 0.25) is 0 Å². The van der Waals surface area contributed by atoms with E-state index in [1.165, 1.54) is 52.4 Å². The number of carbonyl (C=O) groups excluding carboxylic acids is 3. The third kappa shape index (κ3) is 18.5. The summed E-state index contributed by atoms with van der Waals surface area (Å²) in [7, 11) is 0. The van der Waals surface area contributed by atoms with Gasteiger partial charge in [-0.25, -0.2) is 9.59 Å². The predicted molar refractivity (Wildman–Crippen MR) is 293 cm³/mol. The lowest BCUT2D eigenvalue weighted by atomic mass is 10.0. The smallest absolute Gasteiger partial charge is 0.350 e. The summed E-state index contributed by atoms with van der Waals surface area (Å²) in [4.78, 5) is 49.9. The molecule has 72 heavy (non-hydrogen) atoms. The number of carboxylic acids is 1. The Balaban J connectivity index is 0.000000383. The Morgan fingerprint density at radius 2 is 0.778 bits per heavy atom. The number of allylic oxidation sites excluding steroid dienone is 2. The molecule has 0 amide bonds. The first-order chi connectivity index (χ1) is 33.6. The molecule has 4 rings (SSSR count). The normalized spacial score (nSPS) is 11.8. The molecule has 10 nitrogen and oxygen atoms in total. The molecule has 0 aliphatic heterocycles. The molecule has 10 heteroatoms. The van der Waals surface area contributed by atoms with E-state index in [0.717, 1.165) is 80.0 Å². The second kappa shape index (κ2) is 27.0. The third-order valence-corrected chi connectivity index (χ3v) is 11.9. The van der Waals surface area contributed by atoms with Gasteiger partial charge in [0.15, 0.2) is 22.8 Å². The van der Waals surface area contributed by atoms with Crippen LogP contribution < -0.4 is 18.9 Å². The molecule has 0 aliphatic carbocycles. The van der Waals surface area contributed by atoms with E-state index in [1.54, 1.807) is 32.1 Å². The van der Waals surface area contributed by atoms with Gasteiger partial charge in [0.05, 0.1) is 13.2 Å². The summed E-state index contributed by atoms with van der Waals surface area (Å²) in [5, 5.41) is 9.34. The number of unbranched alkanes of at least 4 members (excludes halogenated alkanes) is 6. The summed E-state index contributed by atoms with van der Waals surface area (Å²) in [6.07, 6.45) is 16.0. The Bertz CT molecular complexity index is 2490. The highest BCUT2D eigenvalue weighted by Crippen LogP contribution is 2.33. The molecular weight excluding hydrogens is 905 g/mol. The first-order valence-electron chi connectivity index (χ1n) is 25.6. The lowest BCUT2D eigenvalue weighted by molar-refractivity contribution is -0.171. The van der Waals surface area contributed by atoms with E-state index in [9.17, 15) is 24.3 Å². The van der Waals surface area contributed by atoms with Crippen molar-refractivity contribution in [3.8, 4) is 23.0 Å². The van der Waals surface area contributed by atoms with Crippen LogP contribution in [0.1, 0.15) is 190 Å². The van der Waals surface area contributed by atoms with Crippen molar-refractivity contribution in [2.45, 2.75) is 186 Å². The fourth-order valence-electron chi connectivity index (χ4n) is 8.06. The molecule has 0 saturated carbocycles. The van der Waals surface area contributed by atoms with Crippen molar-refractivity contribution in [3.05, 3.63) is 127 Å². The van der Waals surface area contributed by atoms with E-state index in [-0.39, 0.29) is 11.6 Å². The number of benzene rings is 4. The van der Waals surface area contributed by atoms with Crippen molar-refractivity contribution in [2.24, 2.45) is 0 Å². The number of hydrogen-bond donors (Lipinski definition) is 1. The number of aryl methyl sites for hydroxylation is 8. The summed E-state index contributed by atoms with van der Waals surface area (Å²) >= 11 is 0. The topological polar surface area (TPSA) is 135 Å². The average Bonchev–Trinajstić information content (AvgIpc) is 3.28. The molecular formula is C62H84O10. The molecule has 0 unspecified atom stereocenters. The molecule has 0 fully saturated rings. The van der Waals surface area contributed by atoms with E-state index < -0.39 is 28.7 Å². The van der Waals surface area contributed by atoms with Gasteiger partial charge in [0.1, 0.15) is 28.6 Å². The summed E-state index contributed by atoms with van der Waals surface area (Å²) in [5.74, 6) is 1.33. The number of carbonyl (C=O) groups is 4. The molecule has 0 aliphatic rings. The van der Waals surface area contributed by atoms with Gasteiger partial charge in [0.25, 0.3) is 0 Å². The molecule has 0 radical (unpaired) electrons. The number of hydrogen-bond acceptors (Lipinski definition) is 9. The van der Waals surface area contributed by atoms with Crippen LogP contribution in [0.5, 0.6) is 23.0 Å². The highest BCUT2D eigenvalue weighted by Gasteiger charge is 2.36. The number of esters is 1. The average molecular weight is 989 g/mol. The van der Waals surface area contributed by atoms with Crippen molar-refractivity contribution in [2.75, 3.05) is 13.2 Å². The minimum atomic E-state index is -1.33. The first kappa shape index (κ1) is 60.1. The number of aliphatic carboxylic acids is 1. The highest BCUT2D eigenvalue weighted by atomic mass is 16.6. The summed E-state index contributed by atoms with van der Waals surface area (Å²) in [6, 6.07) is 15.2. The SMILES string of the molecule is CCCCCCOc1c(C)cc(C(=O)/C=C/c2cc(C)c(OC(C)(C)C(=O)O)c(C)c2)cc1C.CCCCCCOc1c(C)cc(C(=O)/C=C/c2cc(C)c(OC(C)(C)C(=O)OC(C)(C)C)c(C)c2)cc1C. The monoisotopic (exact) mass is 989 g/mol.